The van der Waals surface area contributed by atoms with Crippen molar-refractivity contribution in [3.63, 3.8) is 0 Å². The zero-order valence-corrected chi connectivity index (χ0v) is 6.70. The normalized spacial score (nSPS) is 10.4. The van der Waals surface area contributed by atoms with E-state index in [4.69, 9.17) is 4.42 Å². The molecule has 2 heteroatoms. The molecule has 0 saturated carbocycles. The first kappa shape index (κ1) is 7.10. The quantitative estimate of drug-likeness (QED) is 0.600. The van der Waals surface area contributed by atoms with Gasteiger partial charge in [0.1, 0.15) is 11.3 Å². The molecule has 0 radical (unpaired) electrons. The van der Waals surface area contributed by atoms with Crippen LogP contribution in [0.1, 0.15) is 16.1 Å². The maximum atomic E-state index is 10.6. The van der Waals surface area contributed by atoms with Gasteiger partial charge < -0.3 is 4.42 Å². The van der Waals surface area contributed by atoms with E-state index in [1.165, 1.54) is 0 Å². The molecular weight excluding hydrogens is 152 g/mol. The van der Waals surface area contributed by atoms with Crippen molar-refractivity contribution in [2.45, 2.75) is 6.92 Å². The van der Waals surface area contributed by atoms with Crippen LogP contribution >= 0.6 is 0 Å². The van der Waals surface area contributed by atoms with Crippen LogP contribution in [0.4, 0.5) is 0 Å². The van der Waals surface area contributed by atoms with Crippen LogP contribution in [-0.4, -0.2) is 6.29 Å². The molecule has 0 aliphatic carbocycles. The van der Waals surface area contributed by atoms with E-state index in [1.54, 1.807) is 6.92 Å². The van der Waals surface area contributed by atoms with Crippen molar-refractivity contribution in [3.8, 4) is 0 Å². The number of carbonyl (C=O) groups excluding carboxylic acids is 1. The minimum atomic E-state index is 0.658. The molecule has 0 aliphatic rings. The first-order chi connectivity index (χ1) is 5.83. The molecule has 0 fully saturated rings. The summed E-state index contributed by atoms with van der Waals surface area (Å²) in [6.07, 6.45) is 0.834. The molecular formula is C10H8O2. The number of hydrogen-bond donors (Lipinski definition) is 0. The lowest BCUT2D eigenvalue weighted by atomic mass is 10.1. The Morgan fingerprint density at radius 1 is 1.33 bits per heavy atom. The minimum absolute atomic E-state index is 0.658. The van der Waals surface area contributed by atoms with Crippen LogP contribution in [0.25, 0.3) is 11.0 Å². The Morgan fingerprint density at radius 3 is 2.83 bits per heavy atom. The van der Waals surface area contributed by atoms with Gasteiger partial charge in [-0.05, 0) is 13.0 Å². The molecule has 0 aliphatic heterocycles. The lowest BCUT2D eigenvalue weighted by molar-refractivity contribution is 0.112. The van der Waals surface area contributed by atoms with Gasteiger partial charge in [-0.15, -0.1) is 0 Å². The van der Waals surface area contributed by atoms with Crippen molar-refractivity contribution in [2.75, 3.05) is 0 Å². The fourth-order valence-electron chi connectivity index (χ4n) is 1.33. The molecule has 0 saturated heterocycles. The fraction of sp³-hybridized carbons (Fsp3) is 0.100. The molecule has 2 nitrogen and oxygen atoms in total. The average Bonchev–Trinajstić information content (AvgIpc) is 2.40. The maximum absolute atomic E-state index is 10.6. The summed E-state index contributed by atoms with van der Waals surface area (Å²) in [6, 6.07) is 7.52. The summed E-state index contributed by atoms with van der Waals surface area (Å²) in [5.74, 6) is 0.686. The Hall–Kier alpha value is -1.57. The molecule has 0 atom stereocenters. The van der Waals surface area contributed by atoms with Crippen LogP contribution in [0.5, 0.6) is 0 Å². The monoisotopic (exact) mass is 160 g/mol. The van der Waals surface area contributed by atoms with Gasteiger partial charge in [-0.1, -0.05) is 18.2 Å². The van der Waals surface area contributed by atoms with Crippen LogP contribution in [0, 0.1) is 6.92 Å². The molecule has 0 N–H and O–H groups in total. The van der Waals surface area contributed by atoms with Crippen molar-refractivity contribution in [2.24, 2.45) is 0 Å². The van der Waals surface area contributed by atoms with Crippen molar-refractivity contribution in [3.05, 3.63) is 35.6 Å². The van der Waals surface area contributed by atoms with Gasteiger partial charge in [-0.25, -0.2) is 0 Å². The topological polar surface area (TPSA) is 30.2 Å². The van der Waals surface area contributed by atoms with Gasteiger partial charge in [0.2, 0.25) is 0 Å². The highest BCUT2D eigenvalue weighted by Gasteiger charge is 2.07. The number of aryl methyl sites for hydroxylation is 1. The van der Waals surface area contributed by atoms with E-state index in [2.05, 4.69) is 0 Å². The zero-order chi connectivity index (χ0) is 8.55. The molecule has 0 spiro atoms. The third-order valence-corrected chi connectivity index (χ3v) is 1.94. The average molecular weight is 160 g/mol. The Balaban J connectivity index is 2.90. The highest BCUT2D eigenvalue weighted by atomic mass is 16.3. The second kappa shape index (κ2) is 2.48. The van der Waals surface area contributed by atoms with Gasteiger partial charge in [0.05, 0.1) is 5.56 Å². The molecule has 2 aromatic rings. The Bertz CT molecular complexity index is 426. The van der Waals surface area contributed by atoms with Crippen LogP contribution < -0.4 is 0 Å². The van der Waals surface area contributed by atoms with E-state index < -0.39 is 0 Å². The number of aldehydes is 1. The lowest BCUT2D eigenvalue weighted by Gasteiger charge is -1.84. The summed E-state index contributed by atoms with van der Waals surface area (Å²) in [5.41, 5.74) is 1.43. The molecule has 0 amide bonds. The number of benzene rings is 1. The summed E-state index contributed by atoms with van der Waals surface area (Å²) < 4.78 is 5.36. The molecule has 0 bridgehead atoms. The molecule has 12 heavy (non-hydrogen) atoms. The molecule has 1 aromatic carbocycles. The number of furan rings is 1. The first-order valence-corrected chi connectivity index (χ1v) is 3.76. The van der Waals surface area contributed by atoms with E-state index in [0.717, 1.165) is 17.3 Å². The van der Waals surface area contributed by atoms with Crippen LogP contribution in [0.2, 0.25) is 0 Å². The summed E-state index contributed by atoms with van der Waals surface area (Å²) in [7, 11) is 0. The molecule has 1 heterocycles. The van der Waals surface area contributed by atoms with Gasteiger partial charge in [0.25, 0.3) is 0 Å². The summed E-state index contributed by atoms with van der Waals surface area (Å²) in [6.45, 7) is 1.80. The summed E-state index contributed by atoms with van der Waals surface area (Å²) in [5, 5.41) is 0.894. The smallest absolute Gasteiger partial charge is 0.154 e. The third kappa shape index (κ3) is 0.848. The van der Waals surface area contributed by atoms with Gasteiger partial charge in [-0.3, -0.25) is 4.79 Å². The summed E-state index contributed by atoms with van der Waals surface area (Å²) in [4.78, 5) is 10.6. The van der Waals surface area contributed by atoms with E-state index in [1.807, 2.05) is 24.3 Å². The number of hydrogen-bond acceptors (Lipinski definition) is 2. The molecule has 2 rings (SSSR count). The van der Waals surface area contributed by atoms with Gasteiger partial charge in [0.15, 0.2) is 6.29 Å². The fourth-order valence-corrected chi connectivity index (χ4v) is 1.33. The van der Waals surface area contributed by atoms with Crippen LogP contribution in [0.3, 0.4) is 0 Å². The van der Waals surface area contributed by atoms with E-state index >= 15 is 0 Å². The van der Waals surface area contributed by atoms with Crippen LogP contribution in [0.15, 0.2) is 28.7 Å². The highest BCUT2D eigenvalue weighted by Crippen LogP contribution is 2.22. The Kier molecular flexibility index (Phi) is 1.47. The number of fused-ring (bicyclic) bond motifs is 1. The van der Waals surface area contributed by atoms with Crippen molar-refractivity contribution < 1.29 is 9.21 Å². The second-order valence-corrected chi connectivity index (χ2v) is 2.69. The van der Waals surface area contributed by atoms with Crippen LogP contribution in [-0.2, 0) is 0 Å². The minimum Gasteiger partial charge on any atom is -0.461 e. The standard InChI is InChI=1S/C10H8O2/c1-7-9(6-11)8-4-2-3-5-10(8)12-7/h2-6H,1H3. The molecule has 0 unspecified atom stereocenters. The number of para-hydroxylation sites is 1. The molecule has 60 valence electrons. The van der Waals surface area contributed by atoms with E-state index in [-0.39, 0.29) is 0 Å². The van der Waals surface area contributed by atoms with Gasteiger partial charge >= 0.3 is 0 Å². The number of carbonyl (C=O) groups is 1. The maximum Gasteiger partial charge on any atom is 0.154 e. The largest absolute Gasteiger partial charge is 0.461 e. The van der Waals surface area contributed by atoms with Gasteiger partial charge in [-0.2, -0.15) is 0 Å². The Labute approximate surface area is 69.8 Å². The second-order valence-electron chi connectivity index (χ2n) is 2.69. The predicted molar refractivity (Wildman–Crippen MR) is 46.3 cm³/mol. The van der Waals surface area contributed by atoms with Crippen molar-refractivity contribution in [1.82, 2.24) is 0 Å². The lowest BCUT2D eigenvalue weighted by Crippen LogP contribution is -1.77. The van der Waals surface area contributed by atoms with E-state index in [0.29, 0.717) is 11.3 Å². The van der Waals surface area contributed by atoms with Crippen molar-refractivity contribution in [1.29, 1.82) is 0 Å². The zero-order valence-electron chi connectivity index (χ0n) is 6.70. The third-order valence-electron chi connectivity index (χ3n) is 1.94. The van der Waals surface area contributed by atoms with E-state index in [9.17, 15) is 4.79 Å². The predicted octanol–water partition coefficient (Wildman–Crippen LogP) is 2.55. The van der Waals surface area contributed by atoms with Crippen molar-refractivity contribution >= 4 is 17.3 Å². The highest BCUT2D eigenvalue weighted by molar-refractivity contribution is 5.97. The summed E-state index contributed by atoms with van der Waals surface area (Å²) >= 11 is 0. The SMILES string of the molecule is Cc1oc2ccccc2c1C=O. The number of rotatable bonds is 1. The molecule has 1 aromatic heterocycles. The van der Waals surface area contributed by atoms with Gasteiger partial charge in [0, 0.05) is 5.39 Å². The Morgan fingerprint density at radius 2 is 2.08 bits per heavy atom. The first-order valence-electron chi connectivity index (χ1n) is 3.76.